The Kier molecular flexibility index (Phi) is 5.90. The Morgan fingerprint density at radius 1 is 0.821 bits per heavy atom. The molecular formula is C24H24N2O2. The van der Waals surface area contributed by atoms with Gasteiger partial charge in [-0.3, -0.25) is 9.59 Å². The largest absolute Gasteiger partial charge is 0.343 e. The zero-order valence-electron chi connectivity index (χ0n) is 16.4. The van der Waals surface area contributed by atoms with Gasteiger partial charge in [-0.15, -0.1) is 0 Å². The average Bonchev–Trinajstić information content (AvgIpc) is 2.69. The summed E-state index contributed by atoms with van der Waals surface area (Å²) < 4.78 is 0. The van der Waals surface area contributed by atoms with E-state index >= 15 is 0 Å². The molecular weight excluding hydrogens is 348 g/mol. The summed E-state index contributed by atoms with van der Waals surface area (Å²) in [6.45, 7) is 5.86. The van der Waals surface area contributed by atoms with Crippen molar-refractivity contribution in [1.29, 1.82) is 0 Å². The Balaban J connectivity index is 1.69. The second-order valence-electron chi connectivity index (χ2n) is 6.92. The second kappa shape index (κ2) is 8.53. The van der Waals surface area contributed by atoms with Crippen molar-refractivity contribution in [1.82, 2.24) is 5.32 Å². The molecule has 3 aromatic carbocycles. The summed E-state index contributed by atoms with van der Waals surface area (Å²) in [5.74, 6) is -0.521. The van der Waals surface area contributed by atoms with E-state index in [1.807, 2.05) is 81.4 Å². The molecule has 3 aromatic rings. The molecule has 0 radical (unpaired) electrons. The minimum Gasteiger partial charge on any atom is -0.343 e. The van der Waals surface area contributed by atoms with Crippen LogP contribution in [0.15, 0.2) is 66.7 Å². The Morgan fingerprint density at radius 3 is 2.11 bits per heavy atom. The van der Waals surface area contributed by atoms with Crippen molar-refractivity contribution in [2.45, 2.75) is 20.8 Å². The van der Waals surface area contributed by atoms with Crippen LogP contribution in [0.25, 0.3) is 11.1 Å². The quantitative estimate of drug-likeness (QED) is 0.685. The normalized spacial score (nSPS) is 10.4. The number of anilines is 1. The fourth-order valence-electron chi connectivity index (χ4n) is 3.37. The Hall–Kier alpha value is -3.40. The lowest BCUT2D eigenvalue weighted by Crippen LogP contribution is -2.33. The molecule has 2 amide bonds. The molecule has 0 aromatic heterocycles. The third-order valence-electron chi connectivity index (χ3n) is 4.61. The monoisotopic (exact) mass is 372 g/mol. The molecule has 0 aliphatic rings. The van der Waals surface area contributed by atoms with E-state index in [4.69, 9.17) is 0 Å². The van der Waals surface area contributed by atoms with E-state index < -0.39 is 0 Å². The van der Waals surface area contributed by atoms with Crippen LogP contribution in [0.5, 0.6) is 0 Å². The molecule has 0 aliphatic carbocycles. The molecule has 0 saturated carbocycles. The molecule has 0 saturated heterocycles. The average molecular weight is 372 g/mol. The van der Waals surface area contributed by atoms with Crippen LogP contribution in [-0.2, 0) is 4.79 Å². The standard InChI is InChI=1S/C24H24N2O2/c1-16-13-17(2)23(18(3)14-16)26-22(27)15-25-24(28)21-12-8-7-11-20(21)19-9-5-4-6-10-19/h4-14H,15H2,1-3H3,(H,25,28)(H,26,27). The first-order valence-electron chi connectivity index (χ1n) is 9.26. The number of carbonyl (C=O) groups is 2. The first kappa shape index (κ1) is 19.4. The lowest BCUT2D eigenvalue weighted by molar-refractivity contribution is -0.115. The molecule has 4 nitrogen and oxygen atoms in total. The van der Waals surface area contributed by atoms with Crippen molar-refractivity contribution < 1.29 is 9.59 Å². The van der Waals surface area contributed by atoms with Gasteiger partial charge in [0, 0.05) is 11.3 Å². The Bertz CT molecular complexity index is 987. The zero-order chi connectivity index (χ0) is 20.1. The van der Waals surface area contributed by atoms with Crippen LogP contribution >= 0.6 is 0 Å². The summed E-state index contributed by atoms with van der Waals surface area (Å²) >= 11 is 0. The van der Waals surface area contributed by atoms with Gasteiger partial charge < -0.3 is 10.6 Å². The van der Waals surface area contributed by atoms with Gasteiger partial charge in [-0.25, -0.2) is 0 Å². The third-order valence-corrected chi connectivity index (χ3v) is 4.61. The fourth-order valence-corrected chi connectivity index (χ4v) is 3.37. The molecule has 142 valence electrons. The number of hydrogen-bond donors (Lipinski definition) is 2. The summed E-state index contributed by atoms with van der Waals surface area (Å²) in [4.78, 5) is 25.0. The maximum absolute atomic E-state index is 12.7. The highest BCUT2D eigenvalue weighted by atomic mass is 16.2. The minimum atomic E-state index is -0.271. The van der Waals surface area contributed by atoms with Crippen LogP contribution in [0.3, 0.4) is 0 Å². The van der Waals surface area contributed by atoms with Crippen molar-refractivity contribution in [3.05, 3.63) is 89.0 Å². The van der Waals surface area contributed by atoms with Crippen molar-refractivity contribution >= 4 is 17.5 Å². The van der Waals surface area contributed by atoms with Gasteiger partial charge in [0.25, 0.3) is 5.91 Å². The second-order valence-corrected chi connectivity index (χ2v) is 6.92. The van der Waals surface area contributed by atoms with Gasteiger partial charge in [-0.1, -0.05) is 66.2 Å². The Morgan fingerprint density at radius 2 is 1.43 bits per heavy atom. The molecule has 28 heavy (non-hydrogen) atoms. The molecule has 0 unspecified atom stereocenters. The Labute approximate surface area is 165 Å². The highest BCUT2D eigenvalue weighted by molar-refractivity contribution is 6.03. The molecule has 0 atom stereocenters. The number of amides is 2. The van der Waals surface area contributed by atoms with E-state index in [1.165, 1.54) is 0 Å². The summed E-state index contributed by atoms with van der Waals surface area (Å²) in [7, 11) is 0. The van der Waals surface area contributed by atoms with Crippen LogP contribution in [0.4, 0.5) is 5.69 Å². The number of nitrogens with one attached hydrogen (secondary N) is 2. The van der Waals surface area contributed by atoms with E-state index in [9.17, 15) is 9.59 Å². The van der Waals surface area contributed by atoms with Gasteiger partial charge in [0.2, 0.25) is 5.91 Å². The van der Waals surface area contributed by atoms with Gasteiger partial charge in [0.05, 0.1) is 6.54 Å². The fraction of sp³-hybridized carbons (Fsp3) is 0.167. The van der Waals surface area contributed by atoms with Crippen molar-refractivity contribution in [2.24, 2.45) is 0 Å². The third kappa shape index (κ3) is 4.46. The van der Waals surface area contributed by atoms with E-state index in [0.717, 1.165) is 33.5 Å². The van der Waals surface area contributed by atoms with Gasteiger partial charge in [-0.2, -0.15) is 0 Å². The number of aryl methyl sites for hydroxylation is 3. The van der Waals surface area contributed by atoms with Crippen molar-refractivity contribution in [3.8, 4) is 11.1 Å². The predicted octanol–water partition coefficient (Wildman–Crippen LogP) is 4.65. The van der Waals surface area contributed by atoms with Crippen molar-refractivity contribution in [3.63, 3.8) is 0 Å². The molecule has 0 fully saturated rings. The van der Waals surface area contributed by atoms with E-state index in [1.54, 1.807) is 6.07 Å². The predicted molar refractivity (Wildman–Crippen MR) is 113 cm³/mol. The SMILES string of the molecule is Cc1cc(C)c(NC(=O)CNC(=O)c2ccccc2-c2ccccc2)c(C)c1. The topological polar surface area (TPSA) is 58.2 Å². The summed E-state index contributed by atoms with van der Waals surface area (Å²) in [5.41, 5.74) is 6.31. The van der Waals surface area contributed by atoms with Gasteiger partial charge in [-0.05, 0) is 49.1 Å². The number of hydrogen-bond acceptors (Lipinski definition) is 2. The summed E-state index contributed by atoms with van der Waals surface area (Å²) in [6, 6.07) is 21.2. The van der Waals surface area contributed by atoms with Gasteiger partial charge in [0.1, 0.15) is 0 Å². The number of rotatable bonds is 5. The maximum Gasteiger partial charge on any atom is 0.252 e. The minimum absolute atomic E-state index is 0.0886. The highest BCUT2D eigenvalue weighted by Crippen LogP contribution is 2.24. The zero-order valence-corrected chi connectivity index (χ0v) is 16.4. The van der Waals surface area contributed by atoms with Crippen molar-refractivity contribution in [2.75, 3.05) is 11.9 Å². The molecule has 4 heteroatoms. The summed E-state index contributed by atoms with van der Waals surface area (Å²) in [6.07, 6.45) is 0. The number of benzene rings is 3. The van der Waals surface area contributed by atoms with E-state index in [0.29, 0.717) is 5.56 Å². The molecule has 0 spiro atoms. The van der Waals surface area contributed by atoms with Gasteiger partial charge in [0.15, 0.2) is 0 Å². The van der Waals surface area contributed by atoms with Gasteiger partial charge >= 0.3 is 0 Å². The van der Waals surface area contributed by atoms with E-state index in [-0.39, 0.29) is 18.4 Å². The van der Waals surface area contributed by atoms with Crippen LogP contribution in [-0.4, -0.2) is 18.4 Å². The molecule has 0 aliphatic heterocycles. The maximum atomic E-state index is 12.7. The van der Waals surface area contributed by atoms with Crippen LogP contribution in [0.2, 0.25) is 0 Å². The molecule has 2 N–H and O–H groups in total. The first-order chi connectivity index (χ1) is 13.5. The first-order valence-corrected chi connectivity index (χ1v) is 9.26. The number of carbonyl (C=O) groups excluding carboxylic acids is 2. The molecule has 0 bridgehead atoms. The molecule has 3 rings (SSSR count). The smallest absolute Gasteiger partial charge is 0.252 e. The lowest BCUT2D eigenvalue weighted by atomic mass is 9.99. The van der Waals surface area contributed by atoms with Crippen LogP contribution in [0.1, 0.15) is 27.0 Å². The molecule has 0 heterocycles. The van der Waals surface area contributed by atoms with Crippen LogP contribution < -0.4 is 10.6 Å². The summed E-state index contributed by atoms with van der Waals surface area (Å²) in [5, 5.41) is 5.63. The highest BCUT2D eigenvalue weighted by Gasteiger charge is 2.14. The lowest BCUT2D eigenvalue weighted by Gasteiger charge is -2.14. The van der Waals surface area contributed by atoms with Crippen LogP contribution in [0, 0.1) is 20.8 Å². The van der Waals surface area contributed by atoms with E-state index in [2.05, 4.69) is 10.6 Å².